The van der Waals surface area contributed by atoms with Gasteiger partial charge in [0.05, 0.1) is 11.4 Å². The van der Waals surface area contributed by atoms with E-state index in [1.54, 1.807) is 0 Å². The SMILES string of the molecule is Cc1cc(C)n(-c2ccc(CCC(=O)N3CCN(c4cc(Cl)ccc4C)CC3)cc2)n1. The fraction of sp³-hybridized carbons (Fsp3) is 0.360. The maximum atomic E-state index is 12.7. The van der Waals surface area contributed by atoms with E-state index in [1.165, 1.54) is 16.8 Å². The van der Waals surface area contributed by atoms with Crippen molar-refractivity contribution in [1.29, 1.82) is 0 Å². The van der Waals surface area contributed by atoms with Gasteiger partial charge in [-0.3, -0.25) is 4.79 Å². The molecule has 4 rings (SSSR count). The van der Waals surface area contributed by atoms with Crippen LogP contribution >= 0.6 is 11.6 Å². The first-order chi connectivity index (χ1) is 14.9. The summed E-state index contributed by atoms with van der Waals surface area (Å²) in [5, 5.41) is 5.28. The number of hydrogen-bond acceptors (Lipinski definition) is 3. The van der Waals surface area contributed by atoms with E-state index in [-0.39, 0.29) is 5.91 Å². The summed E-state index contributed by atoms with van der Waals surface area (Å²) in [7, 11) is 0. The molecule has 0 spiro atoms. The first-order valence-corrected chi connectivity index (χ1v) is 11.2. The van der Waals surface area contributed by atoms with Gasteiger partial charge in [0.25, 0.3) is 0 Å². The van der Waals surface area contributed by atoms with Crippen LogP contribution in [0.25, 0.3) is 5.69 Å². The molecule has 3 aromatic rings. The second-order valence-corrected chi connectivity index (χ2v) is 8.74. The summed E-state index contributed by atoms with van der Waals surface area (Å²) < 4.78 is 1.95. The zero-order valence-corrected chi connectivity index (χ0v) is 19.2. The Bertz CT molecular complexity index is 1070. The Hall–Kier alpha value is -2.79. The van der Waals surface area contributed by atoms with Crippen molar-refractivity contribution < 1.29 is 4.79 Å². The van der Waals surface area contributed by atoms with Gasteiger partial charge in [0.15, 0.2) is 0 Å². The smallest absolute Gasteiger partial charge is 0.223 e. The van der Waals surface area contributed by atoms with E-state index in [1.807, 2.05) is 28.6 Å². The van der Waals surface area contributed by atoms with E-state index >= 15 is 0 Å². The first-order valence-electron chi connectivity index (χ1n) is 10.8. The van der Waals surface area contributed by atoms with E-state index in [9.17, 15) is 4.79 Å². The van der Waals surface area contributed by atoms with Crippen LogP contribution in [0.5, 0.6) is 0 Å². The summed E-state index contributed by atoms with van der Waals surface area (Å²) in [6.07, 6.45) is 1.29. The Morgan fingerprint density at radius 1 is 0.968 bits per heavy atom. The molecule has 1 aromatic heterocycles. The third kappa shape index (κ3) is 4.93. The predicted molar refractivity (Wildman–Crippen MR) is 126 cm³/mol. The van der Waals surface area contributed by atoms with Crippen LogP contribution in [0.2, 0.25) is 5.02 Å². The van der Waals surface area contributed by atoms with Crippen molar-refractivity contribution in [2.24, 2.45) is 0 Å². The Morgan fingerprint density at radius 3 is 2.32 bits per heavy atom. The monoisotopic (exact) mass is 436 g/mol. The quantitative estimate of drug-likeness (QED) is 0.580. The van der Waals surface area contributed by atoms with Crippen molar-refractivity contribution in [3.8, 4) is 5.69 Å². The summed E-state index contributed by atoms with van der Waals surface area (Å²) in [5.41, 5.74) is 6.74. The van der Waals surface area contributed by atoms with Gasteiger partial charge in [-0.05, 0) is 68.7 Å². The molecule has 1 aliphatic rings. The number of halogens is 1. The van der Waals surface area contributed by atoms with Crippen LogP contribution in [0, 0.1) is 20.8 Å². The summed E-state index contributed by atoms with van der Waals surface area (Å²) >= 11 is 6.17. The molecule has 0 unspecified atom stereocenters. The Labute approximate surface area is 189 Å². The number of carbonyl (C=O) groups excluding carboxylic acids is 1. The number of rotatable bonds is 5. The number of aryl methyl sites for hydroxylation is 4. The Kier molecular flexibility index (Phi) is 6.33. The van der Waals surface area contributed by atoms with Gasteiger partial charge < -0.3 is 9.80 Å². The van der Waals surface area contributed by atoms with Gasteiger partial charge in [-0.1, -0.05) is 29.8 Å². The summed E-state index contributed by atoms with van der Waals surface area (Å²) in [5.74, 6) is 0.227. The molecular formula is C25H29ClN4O. The molecular weight excluding hydrogens is 408 g/mol. The number of benzene rings is 2. The number of hydrogen-bond donors (Lipinski definition) is 0. The molecule has 1 aliphatic heterocycles. The fourth-order valence-corrected chi connectivity index (χ4v) is 4.39. The first kappa shape index (κ1) is 21.4. The van der Waals surface area contributed by atoms with Crippen molar-refractivity contribution in [2.45, 2.75) is 33.6 Å². The van der Waals surface area contributed by atoms with Crippen LogP contribution in [0.4, 0.5) is 5.69 Å². The van der Waals surface area contributed by atoms with E-state index in [4.69, 9.17) is 11.6 Å². The standard InChI is InChI=1S/C25H29ClN4O/c1-18-4-8-22(26)17-24(18)28-12-14-29(15-13-28)25(31)11-7-21-5-9-23(10-6-21)30-20(3)16-19(2)27-30/h4-6,8-10,16-17H,7,11-15H2,1-3H3. The van der Waals surface area contributed by atoms with Crippen LogP contribution in [0.3, 0.4) is 0 Å². The molecule has 0 atom stereocenters. The molecule has 0 radical (unpaired) electrons. The number of aromatic nitrogens is 2. The molecule has 6 heteroatoms. The largest absolute Gasteiger partial charge is 0.368 e. The summed E-state index contributed by atoms with van der Waals surface area (Å²) in [6.45, 7) is 9.33. The van der Waals surface area contributed by atoms with Gasteiger partial charge in [-0.2, -0.15) is 5.10 Å². The zero-order valence-electron chi connectivity index (χ0n) is 18.4. The average Bonchev–Trinajstić information content (AvgIpc) is 3.12. The van der Waals surface area contributed by atoms with Crippen molar-refractivity contribution in [1.82, 2.24) is 14.7 Å². The maximum Gasteiger partial charge on any atom is 0.223 e. The minimum absolute atomic E-state index is 0.227. The van der Waals surface area contributed by atoms with Gasteiger partial charge in [0, 0.05) is 49.0 Å². The van der Waals surface area contributed by atoms with Crippen molar-refractivity contribution in [3.63, 3.8) is 0 Å². The molecule has 1 amide bonds. The van der Waals surface area contributed by atoms with Gasteiger partial charge in [0.2, 0.25) is 5.91 Å². The van der Waals surface area contributed by atoms with Gasteiger partial charge >= 0.3 is 0 Å². The van der Waals surface area contributed by atoms with Crippen molar-refractivity contribution in [3.05, 3.63) is 76.1 Å². The predicted octanol–water partition coefficient (Wildman–Crippen LogP) is 4.73. The number of carbonyl (C=O) groups is 1. The molecule has 162 valence electrons. The molecule has 0 saturated carbocycles. The number of nitrogens with zero attached hydrogens (tertiary/aromatic N) is 4. The van der Waals surface area contributed by atoms with E-state index in [0.29, 0.717) is 6.42 Å². The molecule has 31 heavy (non-hydrogen) atoms. The lowest BCUT2D eigenvalue weighted by Crippen LogP contribution is -2.49. The Morgan fingerprint density at radius 2 is 1.68 bits per heavy atom. The second kappa shape index (κ2) is 9.15. The van der Waals surface area contributed by atoms with Gasteiger partial charge in [0.1, 0.15) is 0 Å². The number of piperazine rings is 1. The van der Waals surface area contributed by atoms with Crippen molar-refractivity contribution in [2.75, 3.05) is 31.1 Å². The zero-order chi connectivity index (χ0) is 22.0. The average molecular weight is 437 g/mol. The molecule has 1 saturated heterocycles. The third-order valence-electron chi connectivity index (χ3n) is 5.96. The highest BCUT2D eigenvalue weighted by molar-refractivity contribution is 6.30. The van der Waals surface area contributed by atoms with Crippen LogP contribution in [-0.2, 0) is 11.2 Å². The van der Waals surface area contributed by atoms with E-state index < -0.39 is 0 Å². The normalized spacial score (nSPS) is 14.2. The fourth-order valence-electron chi connectivity index (χ4n) is 4.22. The molecule has 0 bridgehead atoms. The lowest BCUT2D eigenvalue weighted by molar-refractivity contribution is -0.131. The number of amides is 1. The van der Waals surface area contributed by atoms with Crippen LogP contribution in [0.15, 0.2) is 48.5 Å². The molecule has 2 heterocycles. The highest BCUT2D eigenvalue weighted by Crippen LogP contribution is 2.25. The topological polar surface area (TPSA) is 41.4 Å². The second-order valence-electron chi connectivity index (χ2n) is 8.30. The lowest BCUT2D eigenvalue weighted by Gasteiger charge is -2.37. The molecule has 0 N–H and O–H groups in total. The third-order valence-corrected chi connectivity index (χ3v) is 6.20. The number of anilines is 1. The van der Waals surface area contributed by atoms with E-state index in [0.717, 1.165) is 54.7 Å². The van der Waals surface area contributed by atoms with Crippen molar-refractivity contribution >= 4 is 23.2 Å². The van der Waals surface area contributed by atoms with Gasteiger partial charge in [-0.15, -0.1) is 0 Å². The summed E-state index contributed by atoms with van der Waals surface area (Å²) in [4.78, 5) is 17.1. The van der Waals surface area contributed by atoms with Gasteiger partial charge in [-0.25, -0.2) is 4.68 Å². The van der Waals surface area contributed by atoms with Crippen LogP contribution in [0.1, 0.15) is 28.9 Å². The minimum Gasteiger partial charge on any atom is -0.368 e. The van der Waals surface area contributed by atoms with Crippen LogP contribution < -0.4 is 4.90 Å². The Balaban J connectivity index is 1.29. The molecule has 2 aromatic carbocycles. The van der Waals surface area contributed by atoms with Crippen LogP contribution in [-0.4, -0.2) is 46.8 Å². The summed E-state index contributed by atoms with van der Waals surface area (Å²) in [6, 6.07) is 16.4. The maximum absolute atomic E-state index is 12.7. The highest BCUT2D eigenvalue weighted by Gasteiger charge is 2.22. The molecule has 0 aliphatic carbocycles. The highest BCUT2D eigenvalue weighted by atomic mass is 35.5. The minimum atomic E-state index is 0.227. The van der Waals surface area contributed by atoms with E-state index in [2.05, 4.69) is 60.2 Å². The molecule has 1 fully saturated rings. The molecule has 5 nitrogen and oxygen atoms in total. The lowest BCUT2D eigenvalue weighted by atomic mass is 10.1.